The van der Waals surface area contributed by atoms with Gasteiger partial charge in [-0.05, 0) is 29.7 Å². The molecule has 0 radical (unpaired) electrons. The van der Waals surface area contributed by atoms with Crippen LogP contribution in [0.25, 0.3) is 0 Å². The number of nitro groups is 1. The van der Waals surface area contributed by atoms with Gasteiger partial charge in [-0.1, -0.05) is 24.3 Å². The van der Waals surface area contributed by atoms with E-state index in [1.165, 1.54) is 12.1 Å². The molecule has 1 aliphatic rings. The number of likely N-dealkylation sites (tertiary alicyclic amines) is 1. The van der Waals surface area contributed by atoms with Gasteiger partial charge in [-0.15, -0.1) is 0 Å². The van der Waals surface area contributed by atoms with Crippen molar-refractivity contribution in [1.29, 1.82) is 0 Å². The van der Waals surface area contributed by atoms with Crippen molar-refractivity contribution < 1.29 is 14.1 Å². The first-order chi connectivity index (χ1) is 12.0. The molecule has 1 N–H and O–H groups in total. The predicted molar refractivity (Wildman–Crippen MR) is 91.5 cm³/mol. The third-order valence-electron chi connectivity index (χ3n) is 4.18. The Kier molecular flexibility index (Phi) is 4.92. The molecule has 1 heterocycles. The first-order valence-electron chi connectivity index (χ1n) is 8.06. The van der Waals surface area contributed by atoms with Crippen molar-refractivity contribution in [3.8, 4) is 0 Å². The van der Waals surface area contributed by atoms with Crippen LogP contribution in [0.1, 0.15) is 24.0 Å². The molecule has 1 saturated heterocycles. The van der Waals surface area contributed by atoms with E-state index in [0.29, 0.717) is 19.5 Å². The maximum atomic E-state index is 13.2. The van der Waals surface area contributed by atoms with Crippen LogP contribution in [0.3, 0.4) is 0 Å². The molecule has 0 aromatic heterocycles. The molecule has 0 spiro atoms. The number of nitrogens with zero attached hydrogens (tertiary/aromatic N) is 2. The van der Waals surface area contributed by atoms with E-state index in [2.05, 4.69) is 5.32 Å². The molecule has 7 heteroatoms. The van der Waals surface area contributed by atoms with E-state index < -0.39 is 10.7 Å². The van der Waals surface area contributed by atoms with Crippen LogP contribution in [0.15, 0.2) is 42.5 Å². The summed E-state index contributed by atoms with van der Waals surface area (Å²) in [5.41, 5.74) is 1.93. The fraction of sp³-hybridized carbons (Fsp3) is 0.278. The third-order valence-corrected chi connectivity index (χ3v) is 4.18. The van der Waals surface area contributed by atoms with Crippen LogP contribution in [0, 0.1) is 15.9 Å². The number of benzene rings is 2. The highest BCUT2D eigenvalue weighted by molar-refractivity contribution is 5.78. The van der Waals surface area contributed by atoms with Crippen molar-refractivity contribution in [2.45, 2.75) is 25.9 Å². The molecule has 0 bridgehead atoms. The minimum Gasteiger partial charge on any atom is -0.375 e. The molecule has 0 unspecified atom stereocenters. The quantitative estimate of drug-likeness (QED) is 0.644. The lowest BCUT2D eigenvalue weighted by molar-refractivity contribution is -0.384. The topological polar surface area (TPSA) is 75.5 Å². The van der Waals surface area contributed by atoms with E-state index in [1.54, 1.807) is 0 Å². The van der Waals surface area contributed by atoms with Gasteiger partial charge in [-0.25, -0.2) is 4.39 Å². The summed E-state index contributed by atoms with van der Waals surface area (Å²) in [6, 6.07) is 11.2. The van der Waals surface area contributed by atoms with Gasteiger partial charge in [0.25, 0.3) is 5.69 Å². The van der Waals surface area contributed by atoms with Crippen molar-refractivity contribution in [2.24, 2.45) is 0 Å². The maximum Gasteiger partial charge on any atom is 0.295 e. The van der Waals surface area contributed by atoms with E-state index >= 15 is 0 Å². The molecule has 2 aromatic rings. The highest BCUT2D eigenvalue weighted by atomic mass is 19.1. The summed E-state index contributed by atoms with van der Waals surface area (Å²) in [5, 5.41) is 14.0. The van der Waals surface area contributed by atoms with Gasteiger partial charge in [0.05, 0.1) is 11.0 Å². The number of nitrogens with one attached hydrogen (secondary N) is 1. The van der Waals surface area contributed by atoms with Gasteiger partial charge in [-0.2, -0.15) is 0 Å². The average molecular weight is 343 g/mol. The van der Waals surface area contributed by atoms with Gasteiger partial charge in [0.15, 0.2) is 0 Å². The molecule has 1 amide bonds. The molecular weight excluding hydrogens is 325 g/mol. The lowest BCUT2D eigenvalue weighted by Gasteiger charge is -2.16. The van der Waals surface area contributed by atoms with Gasteiger partial charge < -0.3 is 10.2 Å². The number of anilines is 1. The van der Waals surface area contributed by atoms with Crippen LogP contribution < -0.4 is 5.32 Å². The first kappa shape index (κ1) is 16.9. The number of amides is 1. The molecule has 2 aromatic carbocycles. The van der Waals surface area contributed by atoms with Crippen molar-refractivity contribution in [1.82, 2.24) is 4.90 Å². The van der Waals surface area contributed by atoms with Crippen LogP contribution in [-0.2, 0) is 17.9 Å². The minimum absolute atomic E-state index is 0.172. The van der Waals surface area contributed by atoms with Crippen LogP contribution in [0.2, 0.25) is 0 Å². The summed E-state index contributed by atoms with van der Waals surface area (Å²) in [5.74, 6) is -0.472. The van der Waals surface area contributed by atoms with E-state index in [4.69, 9.17) is 0 Å². The normalized spacial score (nSPS) is 14.0. The highest BCUT2D eigenvalue weighted by Crippen LogP contribution is 2.25. The molecule has 130 valence electrons. The predicted octanol–water partition coefficient (Wildman–Crippen LogP) is 3.47. The Morgan fingerprint density at radius 2 is 2.00 bits per heavy atom. The summed E-state index contributed by atoms with van der Waals surface area (Å²) >= 11 is 0. The van der Waals surface area contributed by atoms with Crippen molar-refractivity contribution >= 4 is 17.3 Å². The van der Waals surface area contributed by atoms with Gasteiger partial charge in [0.1, 0.15) is 11.5 Å². The Balaban J connectivity index is 1.69. The molecule has 1 aliphatic heterocycles. The summed E-state index contributed by atoms with van der Waals surface area (Å²) in [7, 11) is 0. The van der Waals surface area contributed by atoms with Crippen molar-refractivity contribution in [2.75, 3.05) is 11.9 Å². The largest absolute Gasteiger partial charge is 0.375 e. The van der Waals surface area contributed by atoms with E-state index in [9.17, 15) is 19.3 Å². The third kappa shape index (κ3) is 4.12. The van der Waals surface area contributed by atoms with E-state index in [1.807, 2.05) is 29.2 Å². The van der Waals surface area contributed by atoms with Crippen molar-refractivity contribution in [3.63, 3.8) is 0 Å². The number of rotatable bonds is 6. The lowest BCUT2D eigenvalue weighted by atomic mass is 10.1. The van der Waals surface area contributed by atoms with Crippen LogP contribution in [0.4, 0.5) is 15.8 Å². The second-order valence-corrected chi connectivity index (χ2v) is 6.01. The Hall–Kier alpha value is -2.96. The Morgan fingerprint density at radius 3 is 2.72 bits per heavy atom. The molecule has 1 fully saturated rings. The molecule has 3 rings (SSSR count). The van der Waals surface area contributed by atoms with Crippen LogP contribution in [0.5, 0.6) is 0 Å². The highest BCUT2D eigenvalue weighted by Gasteiger charge is 2.20. The molecule has 0 atom stereocenters. The monoisotopic (exact) mass is 343 g/mol. The van der Waals surface area contributed by atoms with E-state index in [0.717, 1.165) is 30.2 Å². The van der Waals surface area contributed by atoms with E-state index in [-0.39, 0.29) is 17.3 Å². The molecule has 6 nitrogen and oxygen atoms in total. The van der Waals surface area contributed by atoms with Crippen LogP contribution >= 0.6 is 0 Å². The minimum atomic E-state index is -0.644. The number of nitro benzene ring substituents is 1. The fourth-order valence-electron chi connectivity index (χ4n) is 2.93. The second kappa shape index (κ2) is 7.29. The zero-order valence-electron chi connectivity index (χ0n) is 13.6. The van der Waals surface area contributed by atoms with Gasteiger partial charge in [0.2, 0.25) is 5.91 Å². The first-order valence-corrected chi connectivity index (χ1v) is 8.06. The smallest absolute Gasteiger partial charge is 0.295 e. The zero-order chi connectivity index (χ0) is 17.8. The number of carbonyl (C=O) groups is 1. The standard InChI is InChI=1S/C18H18FN3O3/c19-15-6-7-16(17(10-15)22(24)25)20-11-13-3-1-4-14(9-13)12-21-8-2-5-18(21)23/h1,3-4,6-7,9-10,20H,2,5,8,11-12H2. The van der Waals surface area contributed by atoms with Gasteiger partial charge >= 0.3 is 0 Å². The maximum absolute atomic E-state index is 13.2. The van der Waals surface area contributed by atoms with Gasteiger partial charge in [-0.3, -0.25) is 14.9 Å². The Morgan fingerprint density at radius 1 is 1.20 bits per heavy atom. The molecular formula is C18H18FN3O3. The van der Waals surface area contributed by atoms with Gasteiger partial charge in [0, 0.05) is 26.1 Å². The SMILES string of the molecule is O=C1CCCN1Cc1cccc(CNc2ccc(F)cc2[N+](=O)[O-])c1. The molecule has 25 heavy (non-hydrogen) atoms. The lowest BCUT2D eigenvalue weighted by Crippen LogP contribution is -2.23. The number of hydrogen-bond donors (Lipinski definition) is 1. The number of hydrogen-bond acceptors (Lipinski definition) is 4. The Bertz CT molecular complexity index is 810. The Labute approximate surface area is 144 Å². The fourth-order valence-corrected chi connectivity index (χ4v) is 2.93. The summed E-state index contributed by atoms with van der Waals surface area (Å²) in [6.45, 7) is 1.72. The summed E-state index contributed by atoms with van der Waals surface area (Å²) < 4.78 is 13.2. The van der Waals surface area contributed by atoms with Crippen LogP contribution in [-0.4, -0.2) is 22.3 Å². The zero-order valence-corrected chi connectivity index (χ0v) is 13.6. The average Bonchev–Trinajstić information content (AvgIpc) is 2.99. The summed E-state index contributed by atoms with van der Waals surface area (Å²) in [4.78, 5) is 24.0. The second-order valence-electron chi connectivity index (χ2n) is 6.01. The number of carbonyl (C=O) groups excluding carboxylic acids is 1. The van der Waals surface area contributed by atoms with Crippen molar-refractivity contribution in [3.05, 3.63) is 69.5 Å². The summed E-state index contributed by atoms with van der Waals surface area (Å²) in [6.07, 6.45) is 1.50. The molecule has 0 saturated carbocycles. The molecule has 0 aliphatic carbocycles. The number of halogens is 1.